The van der Waals surface area contributed by atoms with Crippen LogP contribution >= 0.6 is 0 Å². The lowest BCUT2D eigenvalue weighted by molar-refractivity contribution is 0.0719. The van der Waals surface area contributed by atoms with E-state index in [2.05, 4.69) is 4.98 Å². The van der Waals surface area contributed by atoms with Gasteiger partial charge in [0.1, 0.15) is 11.4 Å². The van der Waals surface area contributed by atoms with E-state index < -0.39 is 0 Å². The van der Waals surface area contributed by atoms with Gasteiger partial charge >= 0.3 is 0 Å². The molecule has 1 fully saturated rings. The van der Waals surface area contributed by atoms with E-state index in [-0.39, 0.29) is 17.6 Å². The normalized spacial score (nSPS) is 14.6. The third-order valence-electron chi connectivity index (χ3n) is 5.77. The third-order valence-corrected chi connectivity index (χ3v) is 5.77. The van der Waals surface area contributed by atoms with Crippen molar-refractivity contribution in [2.24, 2.45) is 0 Å². The summed E-state index contributed by atoms with van der Waals surface area (Å²) in [6.45, 7) is 5.46. The standard InChI is InChI=1S/C24H27FN2O2/c1-15(2)17-13-18(16-9-5-6-10-21(16)29-3)19-14-20(26-23(19)22(17)25)24(28)27-11-7-4-8-12-27/h5-6,9-10,13-15,26H,4,7-8,11-12H2,1-3H3. The number of nitrogens with zero attached hydrogens (tertiary/aromatic N) is 1. The predicted molar refractivity (Wildman–Crippen MR) is 114 cm³/mol. The molecule has 0 bridgehead atoms. The number of benzene rings is 2. The number of methoxy groups -OCH3 is 1. The maximum Gasteiger partial charge on any atom is 0.270 e. The third kappa shape index (κ3) is 3.50. The number of ether oxygens (including phenoxy) is 1. The van der Waals surface area contributed by atoms with Gasteiger partial charge in [0, 0.05) is 24.0 Å². The Hall–Kier alpha value is -2.82. The quantitative estimate of drug-likeness (QED) is 0.614. The van der Waals surface area contributed by atoms with E-state index in [0.717, 1.165) is 49.2 Å². The van der Waals surface area contributed by atoms with Crippen LogP contribution in [0.5, 0.6) is 5.75 Å². The lowest BCUT2D eigenvalue weighted by Gasteiger charge is -2.26. The molecular formula is C24H27FN2O2. The van der Waals surface area contributed by atoms with Gasteiger partial charge in [-0.2, -0.15) is 0 Å². The Labute approximate surface area is 170 Å². The van der Waals surface area contributed by atoms with Crippen LogP contribution < -0.4 is 4.74 Å². The van der Waals surface area contributed by atoms with E-state index in [4.69, 9.17) is 4.74 Å². The van der Waals surface area contributed by atoms with Crippen molar-refractivity contribution in [3.8, 4) is 16.9 Å². The molecule has 1 N–H and O–H groups in total. The van der Waals surface area contributed by atoms with Crippen molar-refractivity contribution in [2.75, 3.05) is 20.2 Å². The lowest BCUT2D eigenvalue weighted by atomic mass is 9.93. The number of aromatic amines is 1. The highest BCUT2D eigenvalue weighted by Crippen LogP contribution is 2.39. The molecule has 1 aliphatic heterocycles. The van der Waals surface area contributed by atoms with Crippen molar-refractivity contribution in [1.82, 2.24) is 9.88 Å². The summed E-state index contributed by atoms with van der Waals surface area (Å²) in [5, 5.41) is 0.705. The van der Waals surface area contributed by atoms with Gasteiger partial charge in [0.2, 0.25) is 0 Å². The van der Waals surface area contributed by atoms with E-state index in [1.165, 1.54) is 0 Å². The first-order valence-corrected chi connectivity index (χ1v) is 10.3. The second-order valence-corrected chi connectivity index (χ2v) is 8.01. The summed E-state index contributed by atoms with van der Waals surface area (Å²) in [6.07, 6.45) is 3.19. The molecule has 1 saturated heterocycles. The molecule has 1 amide bonds. The first-order chi connectivity index (χ1) is 14.0. The summed E-state index contributed by atoms with van der Waals surface area (Å²) < 4.78 is 20.9. The zero-order valence-corrected chi connectivity index (χ0v) is 17.2. The zero-order chi connectivity index (χ0) is 20.5. The number of H-pyrrole nitrogens is 1. The molecular weight excluding hydrogens is 367 g/mol. The van der Waals surface area contributed by atoms with Gasteiger partial charge in [0.05, 0.1) is 12.6 Å². The molecule has 5 heteroatoms. The molecule has 1 aromatic heterocycles. The van der Waals surface area contributed by atoms with E-state index in [1.807, 2.05) is 49.1 Å². The fraction of sp³-hybridized carbons (Fsp3) is 0.375. The topological polar surface area (TPSA) is 45.3 Å². The van der Waals surface area contributed by atoms with E-state index >= 15 is 4.39 Å². The Balaban J connectivity index is 1.91. The highest BCUT2D eigenvalue weighted by molar-refractivity contribution is 6.04. The van der Waals surface area contributed by atoms with Crippen LogP contribution in [0.25, 0.3) is 22.0 Å². The SMILES string of the molecule is COc1ccccc1-c1cc(C(C)C)c(F)c2[nH]c(C(=O)N3CCCCC3)cc12. The second-order valence-electron chi connectivity index (χ2n) is 8.01. The number of likely N-dealkylation sites (tertiary alicyclic amines) is 1. The minimum atomic E-state index is -0.286. The van der Waals surface area contributed by atoms with Crippen LogP contribution in [0.15, 0.2) is 36.4 Å². The minimum Gasteiger partial charge on any atom is -0.496 e. The highest BCUT2D eigenvalue weighted by atomic mass is 19.1. The largest absolute Gasteiger partial charge is 0.496 e. The number of nitrogens with one attached hydrogen (secondary N) is 1. The van der Waals surface area contributed by atoms with Gasteiger partial charge in [0.15, 0.2) is 5.82 Å². The Morgan fingerprint density at radius 3 is 2.52 bits per heavy atom. The number of aromatic nitrogens is 1. The van der Waals surface area contributed by atoms with Crippen molar-refractivity contribution in [2.45, 2.75) is 39.0 Å². The molecule has 4 nitrogen and oxygen atoms in total. The summed E-state index contributed by atoms with van der Waals surface area (Å²) in [6, 6.07) is 11.4. The second kappa shape index (κ2) is 7.90. The van der Waals surface area contributed by atoms with Crippen LogP contribution in [0.1, 0.15) is 55.1 Å². The number of hydrogen-bond donors (Lipinski definition) is 1. The number of piperidine rings is 1. The van der Waals surface area contributed by atoms with E-state index in [9.17, 15) is 4.79 Å². The van der Waals surface area contributed by atoms with Gasteiger partial charge in [-0.1, -0.05) is 32.0 Å². The molecule has 0 atom stereocenters. The molecule has 2 heterocycles. The van der Waals surface area contributed by atoms with Gasteiger partial charge in [-0.25, -0.2) is 4.39 Å². The van der Waals surface area contributed by atoms with E-state index in [1.54, 1.807) is 13.2 Å². The maximum absolute atomic E-state index is 15.3. The van der Waals surface area contributed by atoms with Crippen molar-refractivity contribution in [1.29, 1.82) is 0 Å². The van der Waals surface area contributed by atoms with Gasteiger partial charge in [0.25, 0.3) is 5.91 Å². The minimum absolute atomic E-state index is 0.0115. The molecule has 2 aromatic carbocycles. The van der Waals surface area contributed by atoms with Crippen LogP contribution in [0, 0.1) is 5.82 Å². The number of rotatable bonds is 4. The number of amides is 1. The predicted octanol–water partition coefficient (Wildman–Crippen LogP) is 5.73. The molecule has 0 saturated carbocycles. The average molecular weight is 394 g/mol. The van der Waals surface area contributed by atoms with Gasteiger partial charge in [-0.05, 0) is 54.5 Å². The first-order valence-electron chi connectivity index (χ1n) is 10.3. The maximum atomic E-state index is 15.3. The summed E-state index contributed by atoms with van der Waals surface area (Å²) >= 11 is 0. The Morgan fingerprint density at radius 2 is 1.83 bits per heavy atom. The lowest BCUT2D eigenvalue weighted by Crippen LogP contribution is -2.35. The fourth-order valence-corrected chi connectivity index (χ4v) is 4.17. The molecule has 0 aliphatic carbocycles. The molecule has 4 rings (SSSR count). The zero-order valence-electron chi connectivity index (χ0n) is 17.2. The van der Waals surface area contributed by atoms with Crippen LogP contribution in [-0.4, -0.2) is 36.0 Å². The van der Waals surface area contributed by atoms with Crippen molar-refractivity contribution < 1.29 is 13.9 Å². The summed E-state index contributed by atoms with van der Waals surface area (Å²) in [4.78, 5) is 18.0. The first kappa shape index (κ1) is 19.5. The number of carbonyl (C=O) groups is 1. The van der Waals surface area contributed by atoms with Crippen LogP contribution in [0.2, 0.25) is 0 Å². The van der Waals surface area contributed by atoms with Crippen LogP contribution in [0.3, 0.4) is 0 Å². The molecule has 1 aliphatic rings. The number of halogens is 1. The summed E-state index contributed by atoms with van der Waals surface area (Å²) in [5.74, 6) is 0.390. The van der Waals surface area contributed by atoms with Crippen molar-refractivity contribution >= 4 is 16.8 Å². The van der Waals surface area contributed by atoms with Crippen LogP contribution in [-0.2, 0) is 0 Å². The molecule has 152 valence electrons. The Morgan fingerprint density at radius 1 is 1.10 bits per heavy atom. The molecule has 3 aromatic rings. The van der Waals surface area contributed by atoms with Gasteiger partial charge in [-0.15, -0.1) is 0 Å². The van der Waals surface area contributed by atoms with E-state index in [0.29, 0.717) is 22.2 Å². The Bertz CT molecular complexity index is 1050. The summed E-state index contributed by atoms with van der Waals surface area (Å²) in [5.41, 5.74) is 3.21. The highest BCUT2D eigenvalue weighted by Gasteiger charge is 2.24. The number of para-hydroxylation sites is 1. The summed E-state index contributed by atoms with van der Waals surface area (Å²) in [7, 11) is 1.63. The molecule has 0 spiro atoms. The molecule has 0 radical (unpaired) electrons. The van der Waals surface area contributed by atoms with Gasteiger partial charge < -0.3 is 14.6 Å². The van der Waals surface area contributed by atoms with Crippen LogP contribution in [0.4, 0.5) is 4.39 Å². The number of hydrogen-bond acceptors (Lipinski definition) is 2. The average Bonchev–Trinajstić information content (AvgIpc) is 3.20. The Kier molecular flexibility index (Phi) is 5.31. The van der Waals surface area contributed by atoms with Crippen molar-refractivity contribution in [3.63, 3.8) is 0 Å². The monoisotopic (exact) mass is 394 g/mol. The van der Waals surface area contributed by atoms with Crippen molar-refractivity contribution in [3.05, 3.63) is 53.5 Å². The van der Waals surface area contributed by atoms with Gasteiger partial charge in [-0.3, -0.25) is 4.79 Å². The number of fused-ring (bicyclic) bond motifs is 1. The smallest absolute Gasteiger partial charge is 0.270 e. The molecule has 0 unspecified atom stereocenters. The fourth-order valence-electron chi connectivity index (χ4n) is 4.17. The number of carbonyl (C=O) groups excluding carboxylic acids is 1. The molecule has 29 heavy (non-hydrogen) atoms.